The van der Waals surface area contributed by atoms with Crippen LogP contribution in [0.3, 0.4) is 0 Å². The molecular weight excluding hydrogens is 496 g/mol. The Kier molecular flexibility index (Phi) is 7.11. The van der Waals surface area contributed by atoms with Gasteiger partial charge in [0.05, 0.1) is 18.3 Å². The summed E-state index contributed by atoms with van der Waals surface area (Å²) < 4.78 is 1.98. The van der Waals surface area contributed by atoms with Gasteiger partial charge in [-0.05, 0) is 41.3 Å². The van der Waals surface area contributed by atoms with Crippen LogP contribution in [-0.4, -0.2) is 29.6 Å². The molecule has 0 aliphatic rings. The first kappa shape index (κ1) is 25.2. The summed E-state index contributed by atoms with van der Waals surface area (Å²) in [6.07, 6.45) is 7.27. The van der Waals surface area contributed by atoms with Gasteiger partial charge in [0.1, 0.15) is 11.6 Å². The summed E-state index contributed by atoms with van der Waals surface area (Å²) in [6, 6.07) is 32.0. The third-order valence-electron chi connectivity index (χ3n) is 6.87. The van der Waals surface area contributed by atoms with Crippen molar-refractivity contribution in [2.24, 2.45) is 0 Å². The lowest BCUT2D eigenvalue weighted by Crippen LogP contribution is -2.12. The van der Waals surface area contributed by atoms with E-state index in [1.165, 1.54) is 0 Å². The standard InChI is InChI=1S/C33H28N6O/c1-23(24-9-3-2-4-10-24)36-33-37-30(28-13-6-5-11-26(28)22-40)21-31(38-33)39-20-19-35-32(39)29-14-8-7-12-27(29)25-15-17-34-18-16-25/h2-21,23,40H,22H2,1H3,(H,36,37,38)/t23-/m0/s1. The van der Waals surface area contributed by atoms with Crippen LogP contribution in [0.4, 0.5) is 5.95 Å². The summed E-state index contributed by atoms with van der Waals surface area (Å²) >= 11 is 0. The summed E-state index contributed by atoms with van der Waals surface area (Å²) in [7, 11) is 0. The van der Waals surface area contributed by atoms with E-state index in [0.717, 1.165) is 39.2 Å². The van der Waals surface area contributed by atoms with E-state index in [1.807, 2.05) is 83.6 Å². The molecule has 0 saturated heterocycles. The average Bonchev–Trinajstić information content (AvgIpc) is 3.52. The SMILES string of the molecule is C[C@H](Nc1nc(-c2ccccc2CO)cc(-n2ccnc2-c2ccccc2-c2ccncc2)n1)c1ccccc1. The molecule has 7 nitrogen and oxygen atoms in total. The largest absolute Gasteiger partial charge is 0.392 e. The molecule has 0 unspecified atom stereocenters. The fraction of sp³-hybridized carbons (Fsp3) is 0.0909. The van der Waals surface area contributed by atoms with Crippen molar-refractivity contribution in [2.75, 3.05) is 5.32 Å². The maximum atomic E-state index is 10.0. The molecule has 0 spiro atoms. The molecule has 0 amide bonds. The fourth-order valence-corrected chi connectivity index (χ4v) is 4.84. The molecule has 1 atom stereocenters. The van der Waals surface area contributed by atoms with Crippen LogP contribution < -0.4 is 5.32 Å². The van der Waals surface area contributed by atoms with Crippen molar-refractivity contribution in [3.63, 3.8) is 0 Å². The second-order valence-corrected chi connectivity index (χ2v) is 9.43. The van der Waals surface area contributed by atoms with E-state index in [1.54, 1.807) is 18.6 Å². The quantitative estimate of drug-likeness (QED) is 0.230. The summed E-state index contributed by atoms with van der Waals surface area (Å²) in [5.74, 6) is 1.91. The maximum absolute atomic E-state index is 10.0. The normalized spacial score (nSPS) is 11.8. The molecule has 0 bridgehead atoms. The van der Waals surface area contributed by atoms with E-state index in [9.17, 15) is 5.11 Å². The minimum atomic E-state index is -0.0890. The second kappa shape index (κ2) is 11.3. The molecular formula is C33H28N6O. The van der Waals surface area contributed by atoms with Crippen molar-refractivity contribution < 1.29 is 5.11 Å². The third-order valence-corrected chi connectivity index (χ3v) is 6.87. The predicted octanol–water partition coefficient (Wildman–Crippen LogP) is 6.72. The van der Waals surface area contributed by atoms with Gasteiger partial charge in [0.15, 0.2) is 0 Å². The molecule has 7 heteroatoms. The highest BCUT2D eigenvalue weighted by atomic mass is 16.3. The van der Waals surface area contributed by atoms with Gasteiger partial charge in [-0.25, -0.2) is 9.97 Å². The Morgan fingerprint density at radius 3 is 2.25 bits per heavy atom. The predicted molar refractivity (Wildman–Crippen MR) is 158 cm³/mol. The van der Waals surface area contributed by atoms with Crippen molar-refractivity contribution in [3.8, 4) is 39.6 Å². The maximum Gasteiger partial charge on any atom is 0.225 e. The molecule has 0 fully saturated rings. The first-order valence-corrected chi connectivity index (χ1v) is 13.1. The lowest BCUT2D eigenvalue weighted by molar-refractivity contribution is 0.282. The highest BCUT2D eigenvalue weighted by molar-refractivity contribution is 5.81. The minimum Gasteiger partial charge on any atom is -0.392 e. The van der Waals surface area contributed by atoms with Crippen LogP contribution in [0, 0.1) is 0 Å². The highest BCUT2D eigenvalue weighted by Crippen LogP contribution is 2.33. The lowest BCUT2D eigenvalue weighted by atomic mass is 10.00. The van der Waals surface area contributed by atoms with Crippen LogP contribution in [0.15, 0.2) is 122 Å². The Labute approximate surface area is 232 Å². The number of hydrogen-bond acceptors (Lipinski definition) is 6. The zero-order chi connectivity index (χ0) is 27.3. The summed E-state index contributed by atoms with van der Waals surface area (Å²) in [6.45, 7) is 1.99. The Balaban J connectivity index is 1.49. The van der Waals surface area contributed by atoms with Crippen LogP contribution in [0.5, 0.6) is 0 Å². The number of rotatable bonds is 8. The monoisotopic (exact) mass is 524 g/mol. The van der Waals surface area contributed by atoms with E-state index in [2.05, 4.69) is 41.5 Å². The number of anilines is 1. The van der Waals surface area contributed by atoms with E-state index in [-0.39, 0.29) is 12.6 Å². The molecule has 6 rings (SSSR count). The number of imidazole rings is 1. The Morgan fingerprint density at radius 1 is 0.775 bits per heavy atom. The smallest absolute Gasteiger partial charge is 0.225 e. The van der Waals surface area contributed by atoms with Gasteiger partial charge < -0.3 is 10.4 Å². The zero-order valence-corrected chi connectivity index (χ0v) is 22.0. The van der Waals surface area contributed by atoms with Gasteiger partial charge >= 0.3 is 0 Å². The van der Waals surface area contributed by atoms with E-state index in [0.29, 0.717) is 17.5 Å². The van der Waals surface area contributed by atoms with Gasteiger partial charge in [-0.2, -0.15) is 4.98 Å². The topological polar surface area (TPSA) is 88.8 Å². The zero-order valence-electron chi connectivity index (χ0n) is 22.0. The van der Waals surface area contributed by atoms with Crippen LogP contribution in [0.25, 0.3) is 39.6 Å². The molecule has 6 aromatic rings. The molecule has 196 valence electrons. The van der Waals surface area contributed by atoms with Gasteiger partial charge in [-0.1, -0.05) is 78.9 Å². The first-order chi connectivity index (χ1) is 19.7. The Bertz CT molecular complexity index is 1730. The van der Waals surface area contributed by atoms with E-state index >= 15 is 0 Å². The van der Waals surface area contributed by atoms with Crippen LogP contribution in [0.2, 0.25) is 0 Å². The molecule has 3 aromatic heterocycles. The molecule has 0 saturated carbocycles. The number of nitrogens with one attached hydrogen (secondary N) is 1. The van der Waals surface area contributed by atoms with Crippen molar-refractivity contribution in [2.45, 2.75) is 19.6 Å². The molecule has 3 aromatic carbocycles. The fourth-order valence-electron chi connectivity index (χ4n) is 4.84. The minimum absolute atomic E-state index is 0.0212. The number of nitrogens with zero attached hydrogens (tertiary/aromatic N) is 5. The van der Waals surface area contributed by atoms with Gasteiger partial charge in [0, 0.05) is 42.0 Å². The molecule has 3 heterocycles. The highest BCUT2D eigenvalue weighted by Gasteiger charge is 2.18. The summed E-state index contributed by atoms with van der Waals surface area (Å²) in [5.41, 5.74) is 6.56. The van der Waals surface area contributed by atoms with Crippen molar-refractivity contribution in [3.05, 3.63) is 133 Å². The van der Waals surface area contributed by atoms with Gasteiger partial charge in [-0.3, -0.25) is 9.55 Å². The lowest BCUT2D eigenvalue weighted by Gasteiger charge is -2.18. The van der Waals surface area contributed by atoms with Crippen LogP contribution in [-0.2, 0) is 6.61 Å². The second-order valence-electron chi connectivity index (χ2n) is 9.43. The average molecular weight is 525 g/mol. The number of hydrogen-bond donors (Lipinski definition) is 2. The molecule has 2 N–H and O–H groups in total. The van der Waals surface area contributed by atoms with Crippen molar-refractivity contribution in [1.82, 2.24) is 24.5 Å². The van der Waals surface area contributed by atoms with Crippen molar-refractivity contribution in [1.29, 1.82) is 0 Å². The third kappa shape index (κ3) is 5.10. The molecule has 0 aliphatic carbocycles. The number of aliphatic hydroxyl groups excluding tert-OH is 1. The van der Waals surface area contributed by atoms with Gasteiger partial charge in [-0.15, -0.1) is 0 Å². The van der Waals surface area contributed by atoms with Gasteiger partial charge in [0.2, 0.25) is 5.95 Å². The van der Waals surface area contributed by atoms with Crippen LogP contribution >= 0.6 is 0 Å². The van der Waals surface area contributed by atoms with Crippen LogP contribution in [0.1, 0.15) is 24.1 Å². The molecule has 0 radical (unpaired) electrons. The first-order valence-electron chi connectivity index (χ1n) is 13.1. The molecule has 0 aliphatic heterocycles. The van der Waals surface area contributed by atoms with Gasteiger partial charge in [0.25, 0.3) is 0 Å². The van der Waals surface area contributed by atoms with E-state index in [4.69, 9.17) is 15.0 Å². The molecule has 40 heavy (non-hydrogen) atoms. The summed E-state index contributed by atoms with van der Waals surface area (Å²) in [4.78, 5) is 18.7. The number of pyridine rings is 1. The number of aromatic nitrogens is 5. The summed E-state index contributed by atoms with van der Waals surface area (Å²) in [5, 5.41) is 13.5. The number of aliphatic hydroxyl groups is 1. The Morgan fingerprint density at radius 2 is 1.48 bits per heavy atom. The van der Waals surface area contributed by atoms with E-state index < -0.39 is 0 Å². The van der Waals surface area contributed by atoms with Crippen molar-refractivity contribution >= 4 is 5.95 Å². The number of benzene rings is 3. The Hall–Kier alpha value is -5.14.